The van der Waals surface area contributed by atoms with Crippen molar-refractivity contribution in [2.24, 2.45) is 0 Å². The fourth-order valence-electron chi connectivity index (χ4n) is 2.56. The van der Waals surface area contributed by atoms with Crippen molar-refractivity contribution in [1.29, 1.82) is 0 Å². The van der Waals surface area contributed by atoms with Gasteiger partial charge in [0, 0.05) is 17.1 Å². The zero-order valence-electron chi connectivity index (χ0n) is 12.1. The van der Waals surface area contributed by atoms with Crippen molar-refractivity contribution in [2.45, 2.75) is 13.8 Å². The molecule has 1 fully saturated rings. The van der Waals surface area contributed by atoms with E-state index in [0.29, 0.717) is 10.8 Å². The third-order valence-corrected chi connectivity index (χ3v) is 3.78. The molecule has 0 aliphatic carbocycles. The van der Waals surface area contributed by atoms with Crippen LogP contribution in [0.3, 0.4) is 0 Å². The first-order chi connectivity index (χ1) is 10.5. The van der Waals surface area contributed by atoms with Crippen LogP contribution in [0.1, 0.15) is 17.0 Å². The Balaban J connectivity index is 2.04. The summed E-state index contributed by atoms with van der Waals surface area (Å²) >= 11 is 4.92. The van der Waals surface area contributed by atoms with Gasteiger partial charge in [0.25, 0.3) is 5.91 Å². The molecule has 2 aromatic rings. The zero-order valence-corrected chi connectivity index (χ0v) is 12.9. The molecule has 1 saturated heterocycles. The lowest BCUT2D eigenvalue weighted by Gasteiger charge is -2.09. The summed E-state index contributed by atoms with van der Waals surface area (Å²) in [6, 6.07) is 8.28. The van der Waals surface area contributed by atoms with Gasteiger partial charge in [0.1, 0.15) is 11.5 Å². The third kappa shape index (κ3) is 2.53. The van der Waals surface area contributed by atoms with Crippen LogP contribution in [-0.4, -0.2) is 15.6 Å². The highest BCUT2D eigenvalue weighted by atomic mass is 32.1. The SMILES string of the molecule is Cc1cc(/C=C2/NC(=S)NC2=O)c(C)n1-c1ccc(F)cc1. The second-order valence-electron chi connectivity index (χ2n) is 5.10. The Morgan fingerprint density at radius 3 is 2.45 bits per heavy atom. The molecule has 2 heterocycles. The number of rotatable bonds is 2. The van der Waals surface area contributed by atoms with Gasteiger partial charge in [-0.25, -0.2) is 4.39 Å². The largest absolute Gasteiger partial charge is 0.328 e. The fraction of sp³-hybridized carbons (Fsp3) is 0.125. The highest BCUT2D eigenvalue weighted by molar-refractivity contribution is 7.80. The first-order valence-corrected chi connectivity index (χ1v) is 7.15. The standard InChI is InChI=1S/C16H14FN3OS/c1-9-7-11(8-14-15(21)19-16(22)18-14)10(2)20(9)13-5-3-12(17)4-6-13/h3-8H,1-2H3,(H2,18,19,21,22)/b14-8+. The second kappa shape index (κ2) is 5.38. The number of hydrogen-bond donors (Lipinski definition) is 2. The maximum absolute atomic E-state index is 13.1. The van der Waals surface area contributed by atoms with Crippen LogP contribution in [0.25, 0.3) is 11.8 Å². The van der Waals surface area contributed by atoms with Gasteiger partial charge in [-0.3, -0.25) is 10.1 Å². The number of thiocarbonyl (C=S) groups is 1. The molecule has 0 saturated carbocycles. The minimum atomic E-state index is -0.270. The summed E-state index contributed by atoms with van der Waals surface area (Å²) in [6.45, 7) is 3.92. The Labute approximate surface area is 132 Å². The van der Waals surface area contributed by atoms with E-state index >= 15 is 0 Å². The number of aryl methyl sites for hydroxylation is 1. The summed E-state index contributed by atoms with van der Waals surface area (Å²) in [6.07, 6.45) is 1.76. The Kier molecular flexibility index (Phi) is 3.54. The molecule has 3 rings (SSSR count). The van der Waals surface area contributed by atoms with Crippen LogP contribution in [-0.2, 0) is 4.79 Å². The van der Waals surface area contributed by atoms with Gasteiger partial charge in [0.05, 0.1) is 0 Å². The number of aromatic nitrogens is 1. The number of nitrogens with zero attached hydrogens (tertiary/aromatic N) is 1. The van der Waals surface area contributed by atoms with Gasteiger partial charge >= 0.3 is 0 Å². The van der Waals surface area contributed by atoms with Crippen LogP contribution in [0.5, 0.6) is 0 Å². The van der Waals surface area contributed by atoms with Crippen molar-refractivity contribution < 1.29 is 9.18 Å². The minimum absolute atomic E-state index is 0.239. The molecule has 112 valence electrons. The fourth-order valence-corrected chi connectivity index (χ4v) is 2.76. The molecule has 1 aliphatic rings. The predicted octanol–water partition coefficient (Wildman–Crippen LogP) is 2.58. The van der Waals surface area contributed by atoms with Gasteiger partial charge in [-0.15, -0.1) is 0 Å². The van der Waals surface area contributed by atoms with Crippen molar-refractivity contribution in [2.75, 3.05) is 0 Å². The summed E-state index contributed by atoms with van der Waals surface area (Å²) in [5.74, 6) is -0.509. The maximum Gasteiger partial charge on any atom is 0.273 e. The van der Waals surface area contributed by atoms with Crippen molar-refractivity contribution in [3.63, 3.8) is 0 Å². The molecule has 4 nitrogen and oxygen atoms in total. The maximum atomic E-state index is 13.1. The smallest absolute Gasteiger partial charge is 0.273 e. The predicted molar refractivity (Wildman–Crippen MR) is 87.1 cm³/mol. The first-order valence-electron chi connectivity index (χ1n) is 6.74. The lowest BCUT2D eigenvalue weighted by Crippen LogP contribution is -2.21. The number of carbonyl (C=O) groups is 1. The summed E-state index contributed by atoms with van der Waals surface area (Å²) in [5.41, 5.74) is 4.16. The zero-order chi connectivity index (χ0) is 15.9. The van der Waals surface area contributed by atoms with Crippen LogP contribution in [0.4, 0.5) is 4.39 Å². The molecule has 0 radical (unpaired) electrons. The van der Waals surface area contributed by atoms with E-state index in [0.717, 1.165) is 22.6 Å². The summed E-state index contributed by atoms with van der Waals surface area (Å²) in [5, 5.41) is 5.67. The minimum Gasteiger partial charge on any atom is -0.328 e. The second-order valence-corrected chi connectivity index (χ2v) is 5.51. The van der Waals surface area contributed by atoms with E-state index in [1.54, 1.807) is 18.2 Å². The van der Waals surface area contributed by atoms with E-state index in [1.165, 1.54) is 12.1 Å². The van der Waals surface area contributed by atoms with Crippen LogP contribution in [0.2, 0.25) is 0 Å². The van der Waals surface area contributed by atoms with Crippen LogP contribution in [0, 0.1) is 19.7 Å². The lowest BCUT2D eigenvalue weighted by molar-refractivity contribution is -0.115. The lowest BCUT2D eigenvalue weighted by atomic mass is 10.2. The number of carbonyl (C=O) groups excluding carboxylic acids is 1. The van der Waals surface area contributed by atoms with Crippen molar-refractivity contribution in [3.8, 4) is 5.69 Å². The van der Waals surface area contributed by atoms with E-state index in [1.807, 2.05) is 24.5 Å². The average molecular weight is 315 g/mol. The van der Waals surface area contributed by atoms with Crippen LogP contribution in [0.15, 0.2) is 36.0 Å². The number of amides is 1. The van der Waals surface area contributed by atoms with E-state index in [4.69, 9.17) is 12.2 Å². The molecular formula is C16H14FN3OS. The normalized spacial score (nSPS) is 16.0. The van der Waals surface area contributed by atoms with E-state index in [-0.39, 0.29) is 11.7 Å². The Morgan fingerprint density at radius 2 is 1.86 bits per heavy atom. The quantitative estimate of drug-likeness (QED) is 0.661. The van der Waals surface area contributed by atoms with Gasteiger partial charge in [0.15, 0.2) is 5.11 Å². The van der Waals surface area contributed by atoms with Crippen molar-refractivity contribution >= 4 is 29.3 Å². The van der Waals surface area contributed by atoms with Gasteiger partial charge in [-0.2, -0.15) is 0 Å². The Hall–Kier alpha value is -2.47. The molecule has 1 aromatic carbocycles. The summed E-state index contributed by atoms with van der Waals surface area (Å²) in [4.78, 5) is 11.7. The number of halogens is 1. The molecule has 2 N–H and O–H groups in total. The van der Waals surface area contributed by atoms with Gasteiger partial charge in [-0.1, -0.05) is 0 Å². The summed E-state index contributed by atoms with van der Waals surface area (Å²) < 4.78 is 15.1. The van der Waals surface area contributed by atoms with E-state index < -0.39 is 0 Å². The molecule has 1 amide bonds. The molecule has 0 unspecified atom stereocenters. The Bertz CT molecular complexity index is 806. The van der Waals surface area contributed by atoms with E-state index in [9.17, 15) is 9.18 Å². The first kappa shape index (κ1) is 14.5. The summed E-state index contributed by atoms with van der Waals surface area (Å²) in [7, 11) is 0. The molecule has 22 heavy (non-hydrogen) atoms. The van der Waals surface area contributed by atoms with Crippen LogP contribution >= 0.6 is 12.2 Å². The highest BCUT2D eigenvalue weighted by Gasteiger charge is 2.21. The van der Waals surface area contributed by atoms with Crippen LogP contribution < -0.4 is 10.6 Å². The molecule has 0 bridgehead atoms. The number of hydrogen-bond acceptors (Lipinski definition) is 2. The van der Waals surface area contributed by atoms with Gasteiger partial charge in [-0.05, 0) is 68.0 Å². The van der Waals surface area contributed by atoms with Crippen molar-refractivity contribution in [1.82, 2.24) is 15.2 Å². The van der Waals surface area contributed by atoms with Gasteiger partial charge in [0.2, 0.25) is 0 Å². The molecule has 6 heteroatoms. The van der Waals surface area contributed by atoms with E-state index in [2.05, 4.69) is 10.6 Å². The molecule has 0 atom stereocenters. The highest BCUT2D eigenvalue weighted by Crippen LogP contribution is 2.23. The Morgan fingerprint density at radius 1 is 1.18 bits per heavy atom. The molecular weight excluding hydrogens is 301 g/mol. The molecule has 1 aromatic heterocycles. The number of benzene rings is 1. The number of nitrogens with one attached hydrogen (secondary N) is 2. The molecule has 1 aliphatic heterocycles. The third-order valence-electron chi connectivity index (χ3n) is 3.57. The monoisotopic (exact) mass is 315 g/mol. The van der Waals surface area contributed by atoms with Crippen molar-refractivity contribution in [3.05, 3.63) is 58.8 Å². The molecule has 0 spiro atoms. The average Bonchev–Trinajstić information content (AvgIpc) is 2.92. The van der Waals surface area contributed by atoms with Gasteiger partial charge < -0.3 is 9.88 Å². The topological polar surface area (TPSA) is 46.1 Å².